The number of ether oxygens (including phenoxy) is 1. The molecule has 0 N–H and O–H groups in total. The van der Waals surface area contributed by atoms with Crippen molar-refractivity contribution in [2.45, 2.75) is 6.42 Å². The Kier molecular flexibility index (Phi) is 3.11. The number of aromatic nitrogens is 1. The second-order valence-corrected chi connectivity index (χ2v) is 2.49. The maximum atomic E-state index is 10.4. The van der Waals surface area contributed by atoms with Crippen LogP contribution in [0.25, 0.3) is 0 Å². The average molecular weight is 196 g/mol. The van der Waals surface area contributed by atoms with Gasteiger partial charge in [0.25, 0.3) is 5.69 Å². The maximum Gasteiger partial charge on any atom is 0.288 e. The van der Waals surface area contributed by atoms with Crippen LogP contribution < -0.4 is 4.74 Å². The zero-order valence-corrected chi connectivity index (χ0v) is 7.47. The number of nitro groups is 1. The van der Waals surface area contributed by atoms with E-state index in [-0.39, 0.29) is 18.0 Å². The third-order valence-corrected chi connectivity index (χ3v) is 1.62. The summed E-state index contributed by atoms with van der Waals surface area (Å²) in [7, 11) is 1.39. The zero-order valence-electron chi connectivity index (χ0n) is 7.47. The number of rotatable bonds is 4. The molecule has 0 atom stereocenters. The van der Waals surface area contributed by atoms with Crippen molar-refractivity contribution in [2.75, 3.05) is 7.11 Å². The van der Waals surface area contributed by atoms with Crippen molar-refractivity contribution in [3.05, 3.63) is 27.9 Å². The first-order valence-corrected chi connectivity index (χ1v) is 3.80. The fourth-order valence-electron chi connectivity index (χ4n) is 1.00. The lowest BCUT2D eigenvalue weighted by Crippen LogP contribution is -1.98. The summed E-state index contributed by atoms with van der Waals surface area (Å²) in [5, 5.41) is 10.4. The van der Waals surface area contributed by atoms with Crippen LogP contribution >= 0.6 is 0 Å². The Morgan fingerprint density at radius 2 is 2.43 bits per heavy atom. The van der Waals surface area contributed by atoms with E-state index in [0.29, 0.717) is 11.8 Å². The molecule has 6 heteroatoms. The lowest BCUT2D eigenvalue weighted by molar-refractivity contribution is -0.385. The quantitative estimate of drug-likeness (QED) is 0.403. The van der Waals surface area contributed by atoms with Crippen LogP contribution in [0.4, 0.5) is 5.69 Å². The van der Waals surface area contributed by atoms with Crippen molar-refractivity contribution < 1.29 is 14.5 Å². The van der Waals surface area contributed by atoms with Crippen molar-refractivity contribution in [2.24, 2.45) is 0 Å². The van der Waals surface area contributed by atoms with Gasteiger partial charge in [-0.25, -0.2) is 4.98 Å². The standard InChI is InChI=1S/C8H8N2O4/c1-14-8-6(2-3-11)4-7(5-9-8)10(12)13/h3-5H,2H2,1H3. The molecule has 0 radical (unpaired) electrons. The summed E-state index contributed by atoms with van der Waals surface area (Å²) < 4.78 is 4.84. The van der Waals surface area contributed by atoms with E-state index in [1.54, 1.807) is 0 Å². The third kappa shape index (κ3) is 2.03. The predicted octanol–water partition coefficient (Wildman–Crippen LogP) is 0.740. The minimum Gasteiger partial charge on any atom is -0.481 e. The van der Waals surface area contributed by atoms with Crippen LogP contribution in [0.2, 0.25) is 0 Å². The molecule has 0 aliphatic rings. The predicted molar refractivity (Wildman–Crippen MR) is 47.2 cm³/mol. The van der Waals surface area contributed by atoms with E-state index in [9.17, 15) is 14.9 Å². The second-order valence-electron chi connectivity index (χ2n) is 2.49. The monoisotopic (exact) mass is 196 g/mol. The fraction of sp³-hybridized carbons (Fsp3) is 0.250. The average Bonchev–Trinajstić information content (AvgIpc) is 2.18. The molecule has 1 aromatic heterocycles. The molecule has 0 fully saturated rings. The van der Waals surface area contributed by atoms with Gasteiger partial charge in [0.05, 0.1) is 12.0 Å². The Morgan fingerprint density at radius 1 is 1.71 bits per heavy atom. The molecule has 1 rings (SSSR count). The molecule has 14 heavy (non-hydrogen) atoms. The van der Waals surface area contributed by atoms with Crippen LogP contribution in [-0.2, 0) is 11.2 Å². The second kappa shape index (κ2) is 4.31. The van der Waals surface area contributed by atoms with E-state index >= 15 is 0 Å². The molecule has 0 saturated carbocycles. The molecule has 74 valence electrons. The van der Waals surface area contributed by atoms with Gasteiger partial charge in [-0.05, 0) is 0 Å². The molecule has 1 aromatic rings. The summed E-state index contributed by atoms with van der Waals surface area (Å²) in [6.07, 6.45) is 1.79. The van der Waals surface area contributed by atoms with Crippen LogP contribution in [0, 0.1) is 10.1 Å². The highest BCUT2D eigenvalue weighted by Gasteiger charge is 2.11. The first kappa shape index (κ1) is 10.1. The van der Waals surface area contributed by atoms with Gasteiger partial charge in [0.15, 0.2) is 0 Å². The summed E-state index contributed by atoms with van der Waals surface area (Å²) >= 11 is 0. The van der Waals surface area contributed by atoms with E-state index in [1.807, 2.05) is 0 Å². The molecule has 0 amide bonds. The Bertz CT molecular complexity index is 364. The summed E-state index contributed by atoms with van der Waals surface area (Å²) in [5.41, 5.74) is 0.263. The highest BCUT2D eigenvalue weighted by atomic mass is 16.6. The summed E-state index contributed by atoms with van der Waals surface area (Å²) in [6, 6.07) is 1.28. The van der Waals surface area contributed by atoms with Crippen LogP contribution in [0.3, 0.4) is 0 Å². The molecular weight excluding hydrogens is 188 g/mol. The van der Waals surface area contributed by atoms with Crippen molar-refractivity contribution >= 4 is 12.0 Å². The number of nitrogens with zero attached hydrogens (tertiary/aromatic N) is 2. The summed E-state index contributed by atoms with van der Waals surface area (Å²) in [5.74, 6) is 0.239. The molecule has 0 aliphatic carbocycles. The van der Waals surface area contributed by atoms with E-state index < -0.39 is 4.92 Å². The first-order valence-electron chi connectivity index (χ1n) is 3.80. The third-order valence-electron chi connectivity index (χ3n) is 1.62. The molecule has 0 unspecified atom stereocenters. The summed E-state index contributed by atoms with van der Waals surface area (Å²) in [6.45, 7) is 0. The Hall–Kier alpha value is -1.98. The van der Waals surface area contributed by atoms with Gasteiger partial charge in [-0.3, -0.25) is 10.1 Å². The zero-order chi connectivity index (χ0) is 10.6. The van der Waals surface area contributed by atoms with E-state index in [0.717, 1.165) is 6.20 Å². The first-order chi connectivity index (χ1) is 6.69. The van der Waals surface area contributed by atoms with Gasteiger partial charge >= 0.3 is 0 Å². The maximum absolute atomic E-state index is 10.4. The van der Waals surface area contributed by atoms with E-state index in [2.05, 4.69) is 4.98 Å². The lowest BCUT2D eigenvalue weighted by Gasteiger charge is -2.03. The van der Waals surface area contributed by atoms with Crippen molar-refractivity contribution in [1.29, 1.82) is 0 Å². The number of carbonyl (C=O) groups excluding carboxylic acids is 1. The minimum absolute atomic E-state index is 0.0534. The van der Waals surface area contributed by atoms with E-state index in [1.165, 1.54) is 13.2 Å². The number of aldehydes is 1. The van der Waals surface area contributed by atoms with Gasteiger partial charge < -0.3 is 9.53 Å². The molecule has 0 aromatic carbocycles. The van der Waals surface area contributed by atoms with Crippen LogP contribution in [-0.4, -0.2) is 23.3 Å². The largest absolute Gasteiger partial charge is 0.481 e. The topological polar surface area (TPSA) is 82.3 Å². The van der Waals surface area contributed by atoms with Crippen molar-refractivity contribution in [1.82, 2.24) is 4.98 Å². The smallest absolute Gasteiger partial charge is 0.288 e. The Labute approximate surface area is 79.7 Å². The molecule has 0 spiro atoms. The van der Waals surface area contributed by atoms with Crippen LogP contribution in [0.5, 0.6) is 5.88 Å². The van der Waals surface area contributed by atoms with Crippen LogP contribution in [0.15, 0.2) is 12.3 Å². The van der Waals surface area contributed by atoms with Gasteiger partial charge in [0.2, 0.25) is 5.88 Å². The molecular formula is C8H8N2O4. The summed E-state index contributed by atoms with van der Waals surface area (Å²) in [4.78, 5) is 23.8. The molecule has 0 bridgehead atoms. The van der Waals surface area contributed by atoms with E-state index in [4.69, 9.17) is 4.74 Å². The Morgan fingerprint density at radius 3 is 2.93 bits per heavy atom. The molecule has 0 saturated heterocycles. The van der Waals surface area contributed by atoms with Gasteiger partial charge in [-0.1, -0.05) is 0 Å². The fourth-order valence-corrected chi connectivity index (χ4v) is 1.00. The molecule has 1 heterocycles. The number of hydrogen-bond acceptors (Lipinski definition) is 5. The normalized spacial score (nSPS) is 9.50. The Balaban J connectivity index is 3.13. The van der Waals surface area contributed by atoms with Crippen LogP contribution in [0.1, 0.15) is 5.56 Å². The number of carbonyl (C=O) groups is 1. The van der Waals surface area contributed by atoms with Crippen molar-refractivity contribution in [3.8, 4) is 5.88 Å². The SMILES string of the molecule is COc1ncc([N+](=O)[O-])cc1CC=O. The number of methoxy groups -OCH3 is 1. The number of pyridine rings is 1. The molecule has 6 nitrogen and oxygen atoms in total. The van der Waals surface area contributed by atoms with Gasteiger partial charge in [0.1, 0.15) is 12.5 Å². The minimum atomic E-state index is -0.569. The highest BCUT2D eigenvalue weighted by molar-refractivity contribution is 5.57. The van der Waals surface area contributed by atoms with Crippen molar-refractivity contribution in [3.63, 3.8) is 0 Å². The number of hydrogen-bond donors (Lipinski definition) is 0. The highest BCUT2D eigenvalue weighted by Crippen LogP contribution is 2.20. The van der Waals surface area contributed by atoms with Gasteiger partial charge in [-0.2, -0.15) is 0 Å². The van der Waals surface area contributed by atoms with Gasteiger partial charge in [-0.15, -0.1) is 0 Å². The lowest BCUT2D eigenvalue weighted by atomic mass is 10.2. The molecule has 0 aliphatic heterocycles. The van der Waals surface area contributed by atoms with Gasteiger partial charge in [0, 0.05) is 18.1 Å².